The summed E-state index contributed by atoms with van der Waals surface area (Å²) in [6.45, 7) is 0. The molecule has 0 spiro atoms. The van der Waals surface area contributed by atoms with Crippen molar-refractivity contribution in [3.8, 4) is 0 Å². The summed E-state index contributed by atoms with van der Waals surface area (Å²) >= 11 is 0. The summed E-state index contributed by atoms with van der Waals surface area (Å²) in [5.41, 5.74) is 0. The van der Waals surface area contributed by atoms with Crippen molar-refractivity contribution in [2.24, 2.45) is 5.84 Å². The zero-order chi connectivity index (χ0) is 3.58. The van der Waals surface area contributed by atoms with E-state index in [1.54, 1.807) is 0 Å². The number of hydrazine groups is 1. The maximum Gasteiger partial charge on any atom is 0.216 e. The molecule has 1 unspecified atom stereocenters. The van der Waals surface area contributed by atoms with Crippen LogP contribution < -0.4 is 18.2 Å². The fourth-order valence-corrected chi connectivity index (χ4v) is 0. The predicted octanol–water partition coefficient (Wildman–Crippen LogP) is -3.01. The maximum atomic E-state index is 4.82. The van der Waals surface area contributed by atoms with Crippen molar-refractivity contribution in [3.05, 3.63) is 0 Å². The van der Waals surface area contributed by atoms with Gasteiger partial charge < -0.3 is 12.4 Å². The van der Waals surface area contributed by atoms with Crippen LogP contribution in [-0.2, 0) is 0 Å². The van der Waals surface area contributed by atoms with Gasteiger partial charge in [0.25, 0.3) is 0 Å². The van der Waals surface area contributed by atoms with Gasteiger partial charge in [-0.25, -0.2) is 0 Å². The van der Waals surface area contributed by atoms with E-state index in [1.807, 2.05) is 0 Å². The van der Waals surface area contributed by atoms with Crippen molar-refractivity contribution >= 4 is 18.4 Å². The molecule has 0 aromatic rings. The second-order valence-corrected chi connectivity index (χ2v) is 2.00. The third-order valence-corrected chi connectivity index (χ3v) is 0. The highest BCUT2D eigenvalue weighted by Gasteiger charge is 1.57. The van der Waals surface area contributed by atoms with E-state index in [1.165, 1.54) is 4.21 Å². The van der Waals surface area contributed by atoms with Gasteiger partial charge in [-0.05, 0) is 0 Å². The van der Waals surface area contributed by atoms with E-state index in [0.717, 1.165) is 0 Å². The maximum absolute atomic E-state index is 4.82. The van der Waals surface area contributed by atoms with E-state index < -0.39 is 0 Å². The molecule has 0 radical (unpaired) electrons. The summed E-state index contributed by atoms with van der Waals surface area (Å²) < 4.78 is 1.22. The molecule has 2 N–H and O–H groups in total. The van der Waals surface area contributed by atoms with Crippen molar-refractivity contribution in [3.63, 3.8) is 0 Å². The van der Waals surface area contributed by atoms with E-state index in [9.17, 15) is 0 Å². The van der Waals surface area contributed by atoms with E-state index >= 15 is 0 Å². The van der Waals surface area contributed by atoms with Crippen LogP contribution in [0.3, 0.4) is 0 Å². The summed E-state index contributed by atoms with van der Waals surface area (Å²) in [5.74, 6) is 4.82. The Morgan fingerprint density at radius 3 is 1.80 bits per heavy atom. The van der Waals surface area contributed by atoms with Gasteiger partial charge in [0.15, 0.2) is 9.39 Å². The molecule has 0 bridgehead atoms. The zero-order valence-electron chi connectivity index (χ0n) is 2.48. The lowest BCUT2D eigenvalue weighted by Gasteiger charge is -1.61. The Balaban J connectivity index is 0. The predicted molar refractivity (Wildman–Crippen MR) is 22.5 cm³/mol. The van der Waals surface area contributed by atoms with Gasteiger partial charge in [0, 0.05) is 0 Å². The first kappa shape index (κ1) is 9.24. The molecule has 0 aliphatic rings. The largest absolute Gasteiger partial charge is 1.00 e. The third-order valence-electron chi connectivity index (χ3n) is 0. The Morgan fingerprint density at radius 1 is 1.80 bits per heavy atom. The molecule has 0 rings (SSSR count). The van der Waals surface area contributed by atoms with E-state index in [-0.39, 0.29) is 12.4 Å². The molecule has 0 amide bonds. The summed E-state index contributed by atoms with van der Waals surface area (Å²) in [5, 5.41) is 0. The highest BCUT2D eigenvalue weighted by molar-refractivity contribution is 7.15. The van der Waals surface area contributed by atoms with Crippen LogP contribution >= 0.6 is 18.4 Å². The first-order chi connectivity index (χ1) is 1.73. The van der Waals surface area contributed by atoms with Crippen molar-refractivity contribution < 1.29 is 16.6 Å². The number of halogens is 1. The van der Waals surface area contributed by atoms with Gasteiger partial charge >= 0.3 is 0 Å². The van der Waals surface area contributed by atoms with Crippen LogP contribution in [0.2, 0.25) is 0 Å². The third kappa shape index (κ3) is 60.7. The van der Waals surface area contributed by atoms with Crippen molar-refractivity contribution in [1.82, 2.24) is 0 Å². The molecule has 0 fully saturated rings. The van der Waals surface area contributed by atoms with Gasteiger partial charge in [-0.2, -0.15) is 0 Å². The summed E-state index contributed by atoms with van der Waals surface area (Å²) in [6.07, 6.45) is 0. The van der Waals surface area contributed by atoms with E-state index in [0.29, 0.717) is 0 Å². The normalized spacial score (nSPS) is 5.20. The Morgan fingerprint density at radius 2 is 1.80 bits per heavy atom. The minimum atomic E-state index is 0. The van der Waals surface area contributed by atoms with Crippen LogP contribution in [0.4, 0.5) is 0 Å². The zero-order valence-corrected chi connectivity index (χ0v) is 5.39. The lowest BCUT2D eigenvalue weighted by molar-refractivity contribution is -0.332. The Labute approximate surface area is 41.7 Å². The van der Waals surface area contributed by atoms with Gasteiger partial charge in [-0.3, -0.25) is 0 Å². The van der Waals surface area contributed by atoms with E-state index in [2.05, 4.69) is 18.4 Å². The van der Waals surface area contributed by atoms with Crippen LogP contribution in [0, 0.1) is 0 Å². The first-order valence-electron chi connectivity index (χ1n) is 0.740. The highest BCUT2D eigenvalue weighted by atomic mass is 35.5. The summed E-state index contributed by atoms with van der Waals surface area (Å²) in [7, 11) is 5.07. The molecule has 0 saturated heterocycles. The monoisotopic (exact) mass is 130 g/mol. The van der Waals surface area contributed by atoms with Crippen LogP contribution in [-0.4, -0.2) is 4.21 Å². The topological polar surface area (TPSA) is 29.0 Å². The quantitative estimate of drug-likeness (QED) is 0.211. The summed E-state index contributed by atoms with van der Waals surface area (Å²) in [6, 6.07) is 0. The molecule has 2 nitrogen and oxygen atoms in total. The molecule has 0 saturated carbocycles. The molecule has 5 heteroatoms. The average Bonchev–Trinajstić information content (AvgIpc) is 0.811. The van der Waals surface area contributed by atoms with E-state index in [4.69, 9.17) is 5.84 Å². The molecule has 0 heterocycles. The highest BCUT2D eigenvalue weighted by Crippen LogP contribution is 1.74. The molecule has 1 atom stereocenters. The number of rotatable bonds is 0. The van der Waals surface area contributed by atoms with Gasteiger partial charge in [-0.1, -0.05) is 0 Å². The average molecular weight is 130 g/mol. The number of hydrogen-bond acceptors (Lipinski definition) is 0. The summed E-state index contributed by atoms with van der Waals surface area (Å²) in [4.78, 5) is 0. The Hall–Kier alpha value is 0.780. The molecule has 5 heavy (non-hydrogen) atoms. The van der Waals surface area contributed by atoms with Gasteiger partial charge in [0.2, 0.25) is 9.03 Å². The molecule has 0 aliphatic heterocycles. The first-order valence-corrected chi connectivity index (χ1v) is 1.70. The van der Waals surface area contributed by atoms with Gasteiger partial charge in [-0.15, -0.1) is 10.1 Å². The van der Waals surface area contributed by atoms with Crippen LogP contribution in [0.5, 0.6) is 0 Å². The molecule has 0 aliphatic carbocycles. The molecular formula is H5ClN2P2. The van der Waals surface area contributed by atoms with Crippen LogP contribution in [0.25, 0.3) is 0 Å². The SMILES string of the molecule is N[N+](=P)P.[Cl-]. The fourth-order valence-electron chi connectivity index (χ4n) is 0. The van der Waals surface area contributed by atoms with Crippen molar-refractivity contribution in [1.29, 1.82) is 0 Å². The van der Waals surface area contributed by atoms with Gasteiger partial charge in [0.05, 0.1) is 0 Å². The number of hydrogen-bond donors (Lipinski definition) is 1. The molecule has 0 aromatic carbocycles. The molecular weight excluding hydrogens is 125 g/mol. The molecule has 32 valence electrons. The van der Waals surface area contributed by atoms with Crippen LogP contribution in [0.1, 0.15) is 0 Å². The smallest absolute Gasteiger partial charge is 0.216 e. The molecule has 0 aromatic heterocycles. The second kappa shape index (κ2) is 4.78. The van der Waals surface area contributed by atoms with Gasteiger partial charge in [0.1, 0.15) is 0 Å². The lowest BCUT2D eigenvalue weighted by Crippen LogP contribution is -3.00. The van der Waals surface area contributed by atoms with Crippen molar-refractivity contribution in [2.75, 3.05) is 0 Å². The van der Waals surface area contributed by atoms with Crippen molar-refractivity contribution in [2.45, 2.75) is 0 Å². The van der Waals surface area contributed by atoms with Crippen LogP contribution in [0.15, 0.2) is 0 Å². The fraction of sp³-hybridized carbons (Fsp3) is 0. The standard InChI is InChI=1S/ClH.H5N2P2/c;1-2(3)4/h1H;3H,1,4H2/q;+1/p-1. The number of nitrogens with two attached hydrogens (primary N) is 1. The minimum absolute atomic E-state index is 0. The number of nitrogens with zero attached hydrogens (tertiary/aromatic N) is 1. The Bertz CT molecular complexity index is 30.6. The second-order valence-electron chi connectivity index (χ2n) is 0.407. The Kier molecular flexibility index (Phi) is 8.84. The minimum Gasteiger partial charge on any atom is -1.00 e. The lowest BCUT2D eigenvalue weighted by atomic mass is 13.0.